The number of hydrogen-bond donors (Lipinski definition) is 1. The molecule has 0 aromatic heterocycles. The molecule has 0 fully saturated rings. The number of aryl methyl sites for hydroxylation is 2. The number of benzene rings is 2. The Balaban J connectivity index is 2.04. The molecular formula is C19H13Cl2F3O4. The molecule has 0 radical (unpaired) electrons. The molecule has 9 heteroatoms. The molecule has 0 spiro atoms. The Hall–Kier alpha value is -2.38. The largest absolute Gasteiger partial charge is 0.478 e. The van der Waals surface area contributed by atoms with E-state index in [1.165, 1.54) is 12.1 Å². The summed E-state index contributed by atoms with van der Waals surface area (Å²) in [4.78, 5) is 11.2. The fourth-order valence-corrected chi connectivity index (χ4v) is 3.11. The van der Waals surface area contributed by atoms with Crippen molar-refractivity contribution >= 4 is 35.2 Å². The first-order chi connectivity index (χ1) is 13.0. The van der Waals surface area contributed by atoms with Gasteiger partial charge in [0.25, 0.3) is 0 Å². The second-order valence-electron chi connectivity index (χ2n) is 6.23. The average molecular weight is 433 g/mol. The Labute approximate surface area is 168 Å². The second kappa shape index (κ2) is 7.22. The summed E-state index contributed by atoms with van der Waals surface area (Å²) in [5.74, 6) is -1.63. The van der Waals surface area contributed by atoms with E-state index in [0.29, 0.717) is 5.02 Å². The van der Waals surface area contributed by atoms with Crippen LogP contribution in [0.3, 0.4) is 0 Å². The van der Waals surface area contributed by atoms with Gasteiger partial charge in [-0.1, -0.05) is 23.2 Å². The summed E-state index contributed by atoms with van der Waals surface area (Å²) in [6, 6.07) is 5.82. The van der Waals surface area contributed by atoms with Crippen LogP contribution in [-0.4, -0.2) is 23.4 Å². The third kappa shape index (κ3) is 3.91. The van der Waals surface area contributed by atoms with Gasteiger partial charge in [0.05, 0.1) is 15.6 Å². The van der Waals surface area contributed by atoms with Crippen molar-refractivity contribution in [3.63, 3.8) is 0 Å². The highest BCUT2D eigenvalue weighted by atomic mass is 35.5. The maximum absolute atomic E-state index is 13.2. The van der Waals surface area contributed by atoms with Gasteiger partial charge in [0.15, 0.2) is 0 Å². The van der Waals surface area contributed by atoms with Crippen molar-refractivity contribution in [3.8, 4) is 17.2 Å². The van der Waals surface area contributed by atoms with Gasteiger partial charge in [-0.15, -0.1) is 0 Å². The predicted molar refractivity (Wildman–Crippen MR) is 98.5 cm³/mol. The smallest absolute Gasteiger partial charge is 0.430 e. The van der Waals surface area contributed by atoms with Gasteiger partial charge in [-0.05, 0) is 49.2 Å². The van der Waals surface area contributed by atoms with Crippen molar-refractivity contribution in [2.24, 2.45) is 0 Å². The Morgan fingerprint density at radius 1 is 1.07 bits per heavy atom. The molecule has 0 saturated heterocycles. The van der Waals surface area contributed by atoms with E-state index in [1.54, 1.807) is 12.1 Å². The molecule has 1 atom stereocenters. The van der Waals surface area contributed by atoms with Crippen LogP contribution in [-0.2, 0) is 4.79 Å². The summed E-state index contributed by atoms with van der Waals surface area (Å²) in [5, 5.41) is 9.44. The zero-order valence-corrected chi connectivity index (χ0v) is 16.0. The van der Waals surface area contributed by atoms with Gasteiger partial charge in [-0.3, -0.25) is 0 Å². The number of halogens is 5. The minimum Gasteiger partial charge on any atom is -0.478 e. The lowest BCUT2D eigenvalue weighted by atomic mass is 10.0. The summed E-state index contributed by atoms with van der Waals surface area (Å²) in [7, 11) is 0. The highest BCUT2D eigenvalue weighted by Crippen LogP contribution is 2.43. The van der Waals surface area contributed by atoms with Crippen LogP contribution in [0.4, 0.5) is 13.2 Å². The molecule has 0 amide bonds. The van der Waals surface area contributed by atoms with Crippen LogP contribution < -0.4 is 9.47 Å². The van der Waals surface area contributed by atoms with Crippen molar-refractivity contribution in [2.75, 3.05) is 0 Å². The topological polar surface area (TPSA) is 55.8 Å². The number of aliphatic carboxylic acids is 1. The molecule has 0 bridgehead atoms. The lowest BCUT2D eigenvalue weighted by Crippen LogP contribution is -2.40. The first-order valence-electron chi connectivity index (χ1n) is 7.93. The standard InChI is InChI=1S/C19H13Cl2F3O4/c1-8-3-12(20)15(4-9(8)2)27-16-7-14-10(6-13(16)21)5-11(18(25)26)17(28-14)19(22,23)24/h3-7,17H,1-2H3,(H,25,26)/t17-/m1/s1. The van der Waals surface area contributed by atoms with Crippen molar-refractivity contribution in [1.29, 1.82) is 0 Å². The fraction of sp³-hybridized carbons (Fsp3) is 0.211. The number of alkyl halides is 3. The van der Waals surface area contributed by atoms with Crippen LogP contribution in [0, 0.1) is 13.8 Å². The quantitative estimate of drug-likeness (QED) is 0.627. The zero-order valence-electron chi connectivity index (χ0n) is 14.5. The van der Waals surface area contributed by atoms with E-state index in [4.69, 9.17) is 37.8 Å². The molecule has 2 aromatic rings. The van der Waals surface area contributed by atoms with Gasteiger partial charge in [-0.2, -0.15) is 13.2 Å². The highest BCUT2D eigenvalue weighted by Gasteiger charge is 2.48. The maximum Gasteiger partial charge on any atom is 0.430 e. The second-order valence-corrected chi connectivity index (χ2v) is 7.05. The average Bonchev–Trinajstić information content (AvgIpc) is 2.58. The first kappa shape index (κ1) is 20.4. The van der Waals surface area contributed by atoms with Crippen molar-refractivity contribution in [2.45, 2.75) is 26.1 Å². The minimum absolute atomic E-state index is 0.0265. The molecular weight excluding hydrogens is 420 g/mol. The van der Waals surface area contributed by atoms with E-state index in [9.17, 15) is 18.0 Å². The summed E-state index contributed by atoms with van der Waals surface area (Å²) in [6.45, 7) is 3.72. The number of rotatable bonds is 3. The molecule has 2 aromatic carbocycles. The van der Waals surface area contributed by atoms with Crippen LogP contribution in [0.5, 0.6) is 17.2 Å². The number of ether oxygens (including phenoxy) is 2. The molecule has 4 nitrogen and oxygen atoms in total. The predicted octanol–water partition coefficient (Wildman–Crippen LogP) is 6.19. The minimum atomic E-state index is -4.90. The normalized spacial score (nSPS) is 16.1. The summed E-state index contributed by atoms with van der Waals surface area (Å²) < 4.78 is 50.2. The lowest BCUT2D eigenvalue weighted by Gasteiger charge is -2.27. The van der Waals surface area contributed by atoms with Gasteiger partial charge in [-0.25, -0.2) is 4.79 Å². The van der Waals surface area contributed by atoms with Crippen molar-refractivity contribution < 1.29 is 32.5 Å². The van der Waals surface area contributed by atoms with Crippen LogP contribution >= 0.6 is 23.2 Å². The van der Waals surface area contributed by atoms with E-state index in [2.05, 4.69) is 0 Å². The molecule has 0 unspecified atom stereocenters. The molecule has 28 heavy (non-hydrogen) atoms. The summed E-state index contributed by atoms with van der Waals surface area (Å²) >= 11 is 12.3. The van der Waals surface area contributed by atoms with Crippen LogP contribution in [0.2, 0.25) is 10.0 Å². The highest BCUT2D eigenvalue weighted by molar-refractivity contribution is 6.33. The Kier molecular flexibility index (Phi) is 5.25. The third-order valence-electron chi connectivity index (χ3n) is 4.21. The third-order valence-corrected chi connectivity index (χ3v) is 4.81. The summed E-state index contributed by atoms with van der Waals surface area (Å²) in [5.41, 5.74) is 1.01. The maximum atomic E-state index is 13.2. The van der Waals surface area contributed by atoms with E-state index < -0.39 is 23.8 Å². The van der Waals surface area contributed by atoms with Crippen LogP contribution in [0.1, 0.15) is 16.7 Å². The summed E-state index contributed by atoms with van der Waals surface area (Å²) in [6.07, 6.45) is -6.62. The SMILES string of the molecule is Cc1cc(Cl)c(Oc2cc3c(cc2Cl)C=C(C(=O)O)[C@H](C(F)(F)F)O3)cc1C. The van der Waals surface area contributed by atoms with Gasteiger partial charge >= 0.3 is 12.1 Å². The lowest BCUT2D eigenvalue weighted by molar-refractivity contribution is -0.187. The molecule has 1 aliphatic rings. The monoisotopic (exact) mass is 432 g/mol. The molecule has 3 rings (SSSR count). The van der Waals surface area contributed by atoms with Crippen LogP contribution in [0.15, 0.2) is 29.8 Å². The van der Waals surface area contributed by atoms with Gasteiger partial charge < -0.3 is 14.6 Å². The number of hydrogen-bond acceptors (Lipinski definition) is 3. The zero-order chi connectivity index (χ0) is 20.8. The van der Waals surface area contributed by atoms with Crippen molar-refractivity contribution in [3.05, 3.63) is 56.6 Å². The Morgan fingerprint density at radius 3 is 2.25 bits per heavy atom. The molecule has 1 heterocycles. The van der Waals surface area contributed by atoms with E-state index in [1.807, 2.05) is 13.8 Å². The van der Waals surface area contributed by atoms with E-state index in [-0.39, 0.29) is 27.8 Å². The van der Waals surface area contributed by atoms with Crippen LogP contribution in [0.25, 0.3) is 6.08 Å². The number of fused-ring (bicyclic) bond motifs is 1. The van der Waals surface area contributed by atoms with E-state index >= 15 is 0 Å². The number of carboxylic acids is 1. The molecule has 148 valence electrons. The fourth-order valence-electron chi connectivity index (χ4n) is 2.65. The van der Waals surface area contributed by atoms with Gasteiger partial charge in [0.2, 0.25) is 6.10 Å². The van der Waals surface area contributed by atoms with Gasteiger partial charge in [0, 0.05) is 11.6 Å². The number of carbonyl (C=O) groups is 1. The molecule has 0 saturated carbocycles. The van der Waals surface area contributed by atoms with E-state index in [0.717, 1.165) is 17.2 Å². The molecule has 1 aliphatic heterocycles. The Bertz CT molecular complexity index is 1000. The first-order valence-corrected chi connectivity index (χ1v) is 8.69. The van der Waals surface area contributed by atoms with Crippen molar-refractivity contribution in [1.82, 2.24) is 0 Å². The molecule has 1 N–H and O–H groups in total. The number of carboxylic acid groups (broad SMARTS) is 1. The Morgan fingerprint density at radius 2 is 1.64 bits per heavy atom. The molecule has 0 aliphatic carbocycles. The van der Waals surface area contributed by atoms with Gasteiger partial charge in [0.1, 0.15) is 17.2 Å².